The lowest BCUT2D eigenvalue weighted by molar-refractivity contribution is -0.142. The first-order valence-corrected chi connectivity index (χ1v) is 9.45. The van der Waals surface area contributed by atoms with Gasteiger partial charge in [-0.05, 0) is 67.3 Å². The molecule has 0 saturated heterocycles. The van der Waals surface area contributed by atoms with Crippen molar-refractivity contribution < 1.29 is 23.8 Å². The molecular formula is C23H27NO5. The molecule has 1 amide bonds. The first kappa shape index (κ1) is 22.0. The van der Waals surface area contributed by atoms with E-state index in [0.29, 0.717) is 23.8 Å². The standard InChI is InChI=1S/C23H27NO5/c1-5-12-28-20-10-7-18(14-21(20)27-4)8-11-23(26)29-15-22(25)24-19-9-6-16(2)17(3)13-19/h6-11,13-14H,5,12,15H2,1-4H3,(H,24,25)/b11-8+. The molecule has 0 radical (unpaired) electrons. The van der Waals surface area contributed by atoms with Crippen molar-refractivity contribution in [2.45, 2.75) is 27.2 Å². The topological polar surface area (TPSA) is 73.9 Å². The van der Waals surface area contributed by atoms with Gasteiger partial charge in [-0.25, -0.2) is 4.79 Å². The van der Waals surface area contributed by atoms with Gasteiger partial charge in [0.05, 0.1) is 13.7 Å². The van der Waals surface area contributed by atoms with Gasteiger partial charge in [0, 0.05) is 11.8 Å². The number of benzene rings is 2. The van der Waals surface area contributed by atoms with E-state index in [1.165, 1.54) is 6.08 Å². The lowest BCUT2D eigenvalue weighted by Crippen LogP contribution is -2.20. The highest BCUT2D eigenvalue weighted by Crippen LogP contribution is 2.28. The smallest absolute Gasteiger partial charge is 0.331 e. The van der Waals surface area contributed by atoms with Crippen LogP contribution in [0.5, 0.6) is 11.5 Å². The van der Waals surface area contributed by atoms with Crippen molar-refractivity contribution in [3.63, 3.8) is 0 Å². The van der Waals surface area contributed by atoms with E-state index >= 15 is 0 Å². The average Bonchev–Trinajstić information content (AvgIpc) is 2.72. The number of nitrogens with one attached hydrogen (secondary N) is 1. The van der Waals surface area contributed by atoms with Crippen molar-refractivity contribution in [2.24, 2.45) is 0 Å². The number of esters is 1. The molecule has 0 unspecified atom stereocenters. The van der Waals surface area contributed by atoms with E-state index < -0.39 is 11.9 Å². The Kier molecular flexibility index (Phi) is 8.27. The number of aryl methyl sites for hydroxylation is 2. The lowest BCUT2D eigenvalue weighted by Gasteiger charge is -2.10. The summed E-state index contributed by atoms with van der Waals surface area (Å²) in [4.78, 5) is 23.8. The van der Waals surface area contributed by atoms with Gasteiger partial charge in [-0.1, -0.05) is 19.1 Å². The highest BCUT2D eigenvalue weighted by Gasteiger charge is 2.08. The predicted octanol–water partition coefficient (Wildman–Crippen LogP) is 4.30. The Bertz CT molecular complexity index is 889. The second-order valence-electron chi connectivity index (χ2n) is 6.55. The van der Waals surface area contributed by atoms with E-state index in [1.54, 1.807) is 25.3 Å². The fourth-order valence-electron chi connectivity index (χ4n) is 2.48. The summed E-state index contributed by atoms with van der Waals surface area (Å²) in [7, 11) is 1.56. The summed E-state index contributed by atoms with van der Waals surface area (Å²) in [6.45, 7) is 6.23. The maximum absolute atomic E-state index is 12.0. The summed E-state index contributed by atoms with van der Waals surface area (Å²) in [6.07, 6.45) is 3.76. The quantitative estimate of drug-likeness (QED) is 0.505. The minimum Gasteiger partial charge on any atom is -0.493 e. The molecule has 0 aliphatic carbocycles. The second-order valence-corrected chi connectivity index (χ2v) is 6.55. The zero-order valence-electron chi connectivity index (χ0n) is 17.3. The Hall–Kier alpha value is -3.28. The molecule has 0 fully saturated rings. The largest absolute Gasteiger partial charge is 0.493 e. The van der Waals surface area contributed by atoms with Gasteiger partial charge in [0.25, 0.3) is 5.91 Å². The van der Waals surface area contributed by atoms with Gasteiger partial charge in [-0.2, -0.15) is 0 Å². The minimum absolute atomic E-state index is 0.358. The van der Waals surface area contributed by atoms with Crippen molar-refractivity contribution in [1.29, 1.82) is 0 Å². The molecule has 0 heterocycles. The maximum atomic E-state index is 12.0. The van der Waals surface area contributed by atoms with Gasteiger partial charge in [-0.15, -0.1) is 0 Å². The molecule has 154 valence electrons. The first-order chi connectivity index (χ1) is 13.9. The van der Waals surface area contributed by atoms with Crippen LogP contribution in [-0.4, -0.2) is 32.2 Å². The normalized spacial score (nSPS) is 10.6. The number of ether oxygens (including phenoxy) is 3. The molecule has 0 saturated carbocycles. The van der Waals surface area contributed by atoms with Crippen LogP contribution >= 0.6 is 0 Å². The molecule has 1 N–H and O–H groups in total. The molecule has 0 aliphatic heterocycles. The van der Waals surface area contributed by atoms with Gasteiger partial charge < -0.3 is 19.5 Å². The van der Waals surface area contributed by atoms with E-state index in [-0.39, 0.29) is 6.61 Å². The van der Waals surface area contributed by atoms with Gasteiger partial charge >= 0.3 is 5.97 Å². The Morgan fingerprint density at radius 2 is 1.83 bits per heavy atom. The minimum atomic E-state index is -0.606. The summed E-state index contributed by atoms with van der Waals surface area (Å²) in [5, 5.41) is 2.71. The Balaban J connectivity index is 1.87. The maximum Gasteiger partial charge on any atom is 0.331 e. The highest BCUT2D eigenvalue weighted by molar-refractivity contribution is 5.94. The number of rotatable bonds is 9. The third-order valence-corrected chi connectivity index (χ3v) is 4.20. The highest BCUT2D eigenvalue weighted by atomic mass is 16.5. The van der Waals surface area contributed by atoms with Crippen LogP contribution in [0.1, 0.15) is 30.0 Å². The van der Waals surface area contributed by atoms with E-state index in [9.17, 15) is 9.59 Å². The molecule has 6 heteroatoms. The molecular weight excluding hydrogens is 370 g/mol. The van der Waals surface area contributed by atoms with Gasteiger partial charge in [0.2, 0.25) is 0 Å². The number of hydrogen-bond acceptors (Lipinski definition) is 5. The molecule has 0 bridgehead atoms. The zero-order valence-corrected chi connectivity index (χ0v) is 17.3. The summed E-state index contributed by atoms with van der Waals surface area (Å²) in [6, 6.07) is 11.0. The monoisotopic (exact) mass is 397 g/mol. The van der Waals surface area contributed by atoms with Crippen LogP contribution in [0, 0.1) is 13.8 Å². The van der Waals surface area contributed by atoms with Crippen LogP contribution < -0.4 is 14.8 Å². The molecule has 2 rings (SSSR count). The third-order valence-electron chi connectivity index (χ3n) is 4.20. The lowest BCUT2D eigenvalue weighted by atomic mass is 10.1. The number of carbonyl (C=O) groups excluding carboxylic acids is 2. The number of methoxy groups -OCH3 is 1. The van der Waals surface area contributed by atoms with Gasteiger partial charge in [0.15, 0.2) is 18.1 Å². The molecule has 0 aliphatic rings. The van der Waals surface area contributed by atoms with Crippen molar-refractivity contribution >= 4 is 23.6 Å². The van der Waals surface area contributed by atoms with Crippen LogP contribution in [0.25, 0.3) is 6.08 Å². The van der Waals surface area contributed by atoms with Crippen molar-refractivity contribution in [2.75, 3.05) is 25.6 Å². The summed E-state index contributed by atoms with van der Waals surface area (Å²) >= 11 is 0. The Morgan fingerprint density at radius 1 is 1.03 bits per heavy atom. The van der Waals surface area contributed by atoms with Gasteiger partial charge in [0.1, 0.15) is 0 Å². The van der Waals surface area contributed by atoms with E-state index in [2.05, 4.69) is 5.32 Å². The number of anilines is 1. The summed E-state index contributed by atoms with van der Waals surface area (Å²) in [5.74, 6) is 0.235. The SMILES string of the molecule is CCCOc1ccc(/C=C/C(=O)OCC(=O)Nc2ccc(C)c(C)c2)cc1OC. The third kappa shape index (κ3) is 6.99. The van der Waals surface area contributed by atoms with Crippen LogP contribution in [0.15, 0.2) is 42.5 Å². The summed E-state index contributed by atoms with van der Waals surface area (Å²) < 4.78 is 15.9. The molecule has 2 aromatic rings. The molecule has 6 nitrogen and oxygen atoms in total. The van der Waals surface area contributed by atoms with E-state index in [0.717, 1.165) is 23.1 Å². The Morgan fingerprint density at radius 3 is 2.52 bits per heavy atom. The van der Waals surface area contributed by atoms with E-state index in [4.69, 9.17) is 14.2 Å². The molecule has 0 aromatic heterocycles. The van der Waals surface area contributed by atoms with Crippen LogP contribution in [0.2, 0.25) is 0 Å². The Labute approximate surface area is 171 Å². The molecule has 2 aromatic carbocycles. The summed E-state index contributed by atoms with van der Waals surface area (Å²) in [5.41, 5.74) is 3.63. The fraction of sp³-hybridized carbons (Fsp3) is 0.304. The van der Waals surface area contributed by atoms with Crippen molar-refractivity contribution in [3.05, 3.63) is 59.2 Å². The fourth-order valence-corrected chi connectivity index (χ4v) is 2.48. The second kappa shape index (κ2) is 10.9. The van der Waals surface area contributed by atoms with Gasteiger partial charge in [-0.3, -0.25) is 4.79 Å². The molecule has 0 spiro atoms. The van der Waals surface area contributed by atoms with Crippen LogP contribution in [-0.2, 0) is 14.3 Å². The predicted molar refractivity (Wildman–Crippen MR) is 113 cm³/mol. The van der Waals surface area contributed by atoms with Crippen LogP contribution in [0.4, 0.5) is 5.69 Å². The molecule has 29 heavy (non-hydrogen) atoms. The first-order valence-electron chi connectivity index (χ1n) is 9.45. The molecule has 0 atom stereocenters. The average molecular weight is 397 g/mol. The zero-order chi connectivity index (χ0) is 21.2. The van der Waals surface area contributed by atoms with Crippen LogP contribution in [0.3, 0.4) is 0 Å². The van der Waals surface area contributed by atoms with Crippen molar-refractivity contribution in [3.8, 4) is 11.5 Å². The van der Waals surface area contributed by atoms with Crippen molar-refractivity contribution in [1.82, 2.24) is 0 Å². The number of hydrogen-bond donors (Lipinski definition) is 1. The number of amides is 1. The van der Waals surface area contributed by atoms with E-state index in [1.807, 2.05) is 45.0 Å². The number of carbonyl (C=O) groups is 2.